The van der Waals surface area contributed by atoms with Crippen molar-refractivity contribution in [2.24, 2.45) is 0 Å². The predicted octanol–water partition coefficient (Wildman–Crippen LogP) is 3.48. The van der Waals surface area contributed by atoms with Gasteiger partial charge in [-0.3, -0.25) is 0 Å². The number of hydrogen-bond acceptors (Lipinski definition) is 1. The molecule has 0 saturated heterocycles. The van der Waals surface area contributed by atoms with Crippen LogP contribution in [0.4, 0.5) is 4.39 Å². The molecule has 0 saturated carbocycles. The molecule has 0 fully saturated rings. The second-order valence-corrected chi connectivity index (χ2v) is 4.22. The van der Waals surface area contributed by atoms with Crippen LogP contribution in [0.1, 0.15) is 0 Å². The summed E-state index contributed by atoms with van der Waals surface area (Å²) in [7, 11) is 0. The fourth-order valence-electron chi connectivity index (χ4n) is 0.512. The van der Waals surface area contributed by atoms with E-state index < -0.39 is 0 Å². The molecule has 1 aromatic rings. The summed E-state index contributed by atoms with van der Waals surface area (Å²) in [4.78, 5) is 0.668. The van der Waals surface area contributed by atoms with E-state index in [9.17, 15) is 4.39 Å². The zero-order valence-corrected chi connectivity index (χ0v) is 9.37. The van der Waals surface area contributed by atoms with Crippen LogP contribution >= 0.6 is 51.1 Å². The van der Waals surface area contributed by atoms with E-state index in [4.69, 9.17) is 0 Å². The van der Waals surface area contributed by atoms with Gasteiger partial charge in [0.05, 0.1) is 4.47 Å². The van der Waals surface area contributed by atoms with Crippen molar-refractivity contribution in [1.29, 1.82) is 0 Å². The van der Waals surface area contributed by atoms with Crippen molar-refractivity contribution >= 4 is 51.1 Å². The van der Waals surface area contributed by atoms with Crippen LogP contribution in [0, 0.1) is 9.39 Å². The van der Waals surface area contributed by atoms with Crippen LogP contribution in [0.15, 0.2) is 21.5 Å². The van der Waals surface area contributed by atoms with E-state index in [-0.39, 0.29) is 5.82 Å². The Morgan fingerprint density at radius 3 is 2.60 bits per heavy atom. The Balaban J connectivity index is 3.28. The molecule has 0 aliphatic carbocycles. The van der Waals surface area contributed by atoms with Crippen LogP contribution < -0.4 is 0 Å². The minimum atomic E-state index is -0.273. The smallest absolute Gasteiger partial charge is 0.138 e. The van der Waals surface area contributed by atoms with Gasteiger partial charge in [-0.2, -0.15) is 0 Å². The lowest BCUT2D eigenvalue weighted by Gasteiger charge is -1.97. The van der Waals surface area contributed by atoms with Gasteiger partial charge in [0, 0.05) is 8.47 Å². The fourth-order valence-corrected chi connectivity index (χ4v) is 1.93. The van der Waals surface area contributed by atoms with E-state index in [2.05, 4.69) is 51.1 Å². The Bertz CT molecular complexity index is 214. The maximum absolute atomic E-state index is 12.7. The predicted molar refractivity (Wildman–Crippen MR) is 54.1 cm³/mol. The van der Waals surface area contributed by atoms with Gasteiger partial charge in [0.1, 0.15) is 5.82 Å². The Kier molecular flexibility index (Phi) is 3.00. The molecule has 0 aromatic heterocycles. The van der Waals surface area contributed by atoms with Crippen LogP contribution in [-0.2, 0) is 0 Å². The third-order valence-electron chi connectivity index (χ3n) is 0.990. The van der Waals surface area contributed by atoms with Crippen molar-refractivity contribution in [1.82, 2.24) is 0 Å². The van der Waals surface area contributed by atoms with E-state index in [0.717, 1.165) is 3.57 Å². The van der Waals surface area contributed by atoms with E-state index in [1.54, 1.807) is 6.07 Å². The summed E-state index contributed by atoms with van der Waals surface area (Å²) >= 11 is 9.21. The van der Waals surface area contributed by atoms with Gasteiger partial charge in [0.2, 0.25) is 0 Å². The van der Waals surface area contributed by atoms with Crippen LogP contribution in [0.25, 0.3) is 0 Å². The van der Waals surface area contributed by atoms with E-state index in [1.165, 1.54) is 6.07 Å². The molecule has 4 heteroatoms. The highest BCUT2D eigenvalue weighted by Gasteiger charge is 2.01. The van der Waals surface area contributed by atoms with E-state index in [1.807, 2.05) is 0 Å². The lowest BCUT2D eigenvalue weighted by atomic mass is 10.3. The van der Waals surface area contributed by atoms with Crippen LogP contribution in [-0.4, -0.2) is 0 Å². The maximum atomic E-state index is 12.7. The number of rotatable bonds is 0. The molecule has 0 unspecified atom stereocenters. The van der Waals surface area contributed by atoms with Crippen molar-refractivity contribution in [3.05, 3.63) is 26.0 Å². The Hall–Kier alpha value is 0.710. The van der Waals surface area contributed by atoms with Crippen LogP contribution in [0.3, 0.4) is 0 Å². The summed E-state index contributed by atoms with van der Waals surface area (Å²) in [6, 6.07) is 3.08. The van der Waals surface area contributed by atoms with Gasteiger partial charge in [-0.1, -0.05) is 0 Å². The first-order valence-corrected chi connectivity index (χ1v) is 4.76. The Labute approximate surface area is 85.9 Å². The van der Waals surface area contributed by atoms with Crippen molar-refractivity contribution in [3.63, 3.8) is 0 Å². The Morgan fingerprint density at radius 1 is 1.50 bits per heavy atom. The summed E-state index contributed by atoms with van der Waals surface area (Å²) in [5.74, 6) is -0.273. The summed E-state index contributed by atoms with van der Waals surface area (Å²) in [5.41, 5.74) is 0. The van der Waals surface area contributed by atoms with Crippen molar-refractivity contribution in [2.75, 3.05) is 0 Å². The molecule has 0 bridgehead atoms. The van der Waals surface area contributed by atoms with Crippen LogP contribution in [0.2, 0.25) is 0 Å². The number of halogens is 3. The highest BCUT2D eigenvalue weighted by Crippen LogP contribution is 2.24. The molecule has 0 amide bonds. The van der Waals surface area contributed by atoms with E-state index in [0.29, 0.717) is 9.37 Å². The molecule has 1 rings (SSSR count). The molecule has 0 nitrogen and oxygen atoms in total. The molecule has 0 radical (unpaired) electrons. The van der Waals surface area contributed by atoms with Crippen molar-refractivity contribution < 1.29 is 4.39 Å². The fraction of sp³-hybridized carbons (Fsp3) is 0. The third kappa shape index (κ3) is 1.85. The largest absolute Gasteiger partial charge is 0.206 e. The standard InChI is InChI=1S/C6H3BrFIS/c7-3-1-5(9)6(10)2-4(3)8/h1-2,10H. The first-order chi connectivity index (χ1) is 4.61. The van der Waals surface area contributed by atoms with Crippen molar-refractivity contribution in [2.45, 2.75) is 4.90 Å². The molecule has 0 atom stereocenters. The first-order valence-electron chi connectivity index (χ1n) is 2.45. The minimum absolute atomic E-state index is 0.273. The molecule has 10 heavy (non-hydrogen) atoms. The van der Waals surface area contributed by atoms with Gasteiger partial charge in [0.25, 0.3) is 0 Å². The normalized spacial score (nSPS) is 10.0. The molecular weight excluding hydrogens is 330 g/mol. The maximum Gasteiger partial charge on any atom is 0.138 e. The molecular formula is C6H3BrFIS. The SMILES string of the molecule is Fc1cc(S)c(I)cc1Br. The average Bonchev–Trinajstić information content (AvgIpc) is 1.84. The summed E-state index contributed by atoms with van der Waals surface area (Å²) in [6.07, 6.45) is 0. The summed E-state index contributed by atoms with van der Waals surface area (Å²) in [6.45, 7) is 0. The number of thiol groups is 1. The zero-order chi connectivity index (χ0) is 7.72. The number of benzene rings is 1. The average molecular weight is 333 g/mol. The van der Waals surface area contributed by atoms with Crippen molar-refractivity contribution in [3.8, 4) is 0 Å². The zero-order valence-electron chi connectivity index (χ0n) is 4.74. The third-order valence-corrected chi connectivity index (χ3v) is 3.29. The summed E-state index contributed by atoms with van der Waals surface area (Å²) < 4.78 is 14.1. The minimum Gasteiger partial charge on any atom is -0.206 e. The van der Waals surface area contributed by atoms with Gasteiger partial charge in [-0.25, -0.2) is 4.39 Å². The summed E-state index contributed by atoms with van der Waals surface area (Å²) in [5, 5.41) is 0. The molecule has 0 heterocycles. The number of hydrogen-bond donors (Lipinski definition) is 1. The van der Waals surface area contributed by atoms with Gasteiger partial charge in [0.15, 0.2) is 0 Å². The lowest BCUT2D eigenvalue weighted by molar-refractivity contribution is 0.617. The monoisotopic (exact) mass is 332 g/mol. The topological polar surface area (TPSA) is 0 Å². The first kappa shape index (κ1) is 8.80. The highest BCUT2D eigenvalue weighted by atomic mass is 127. The Morgan fingerprint density at radius 2 is 2.10 bits per heavy atom. The molecule has 54 valence electrons. The van der Waals surface area contributed by atoms with Crippen LogP contribution in [0.5, 0.6) is 0 Å². The molecule has 0 spiro atoms. The van der Waals surface area contributed by atoms with Gasteiger partial charge >= 0.3 is 0 Å². The second-order valence-electron chi connectivity index (χ2n) is 1.72. The quantitative estimate of drug-likeness (QED) is 0.420. The highest BCUT2D eigenvalue weighted by molar-refractivity contribution is 14.1. The second kappa shape index (κ2) is 3.40. The molecule has 0 aliphatic heterocycles. The molecule has 1 aromatic carbocycles. The van der Waals surface area contributed by atoms with Gasteiger partial charge in [-0.05, 0) is 50.7 Å². The molecule has 0 N–H and O–H groups in total. The van der Waals surface area contributed by atoms with Gasteiger partial charge in [-0.15, -0.1) is 12.6 Å². The van der Waals surface area contributed by atoms with Gasteiger partial charge < -0.3 is 0 Å². The van der Waals surface area contributed by atoms with E-state index >= 15 is 0 Å². The lowest BCUT2D eigenvalue weighted by Crippen LogP contribution is -1.80. The molecule has 0 aliphatic rings.